The highest BCUT2D eigenvalue weighted by molar-refractivity contribution is 5.85. The fourth-order valence-corrected chi connectivity index (χ4v) is 2.60. The second-order valence-electron chi connectivity index (χ2n) is 5.63. The maximum absolute atomic E-state index is 12.2. The third-order valence-electron chi connectivity index (χ3n) is 3.86. The molecule has 0 aromatic heterocycles. The Morgan fingerprint density at radius 2 is 2.24 bits per heavy atom. The second-order valence-corrected chi connectivity index (χ2v) is 5.63. The molecular formula is C16H25ClN2O2. The van der Waals surface area contributed by atoms with Crippen molar-refractivity contribution in [3.63, 3.8) is 0 Å². The van der Waals surface area contributed by atoms with Crippen LogP contribution in [0, 0.1) is 0 Å². The molecule has 1 aromatic carbocycles. The summed E-state index contributed by atoms with van der Waals surface area (Å²) in [6.45, 7) is 5.71. The lowest BCUT2D eigenvalue weighted by molar-refractivity contribution is -0.134. The first-order chi connectivity index (χ1) is 9.61. The third-order valence-corrected chi connectivity index (χ3v) is 3.86. The predicted molar refractivity (Wildman–Crippen MR) is 87.1 cm³/mol. The SMILES string of the molecule is CC(C)c1cccc(OCC(=O)N2CCCC2CN)c1.Cl. The number of carbonyl (C=O) groups is 1. The quantitative estimate of drug-likeness (QED) is 0.909. The summed E-state index contributed by atoms with van der Waals surface area (Å²) < 4.78 is 5.63. The minimum Gasteiger partial charge on any atom is -0.484 e. The fraction of sp³-hybridized carbons (Fsp3) is 0.562. The average molecular weight is 313 g/mol. The molecular weight excluding hydrogens is 288 g/mol. The van der Waals surface area contributed by atoms with Crippen molar-refractivity contribution in [3.05, 3.63) is 29.8 Å². The van der Waals surface area contributed by atoms with Gasteiger partial charge in [-0.2, -0.15) is 0 Å². The second kappa shape index (κ2) is 8.25. The van der Waals surface area contributed by atoms with E-state index in [0.717, 1.165) is 25.1 Å². The number of rotatable bonds is 5. The molecule has 1 aliphatic rings. The molecule has 1 aliphatic heterocycles. The molecule has 1 unspecified atom stereocenters. The lowest BCUT2D eigenvalue weighted by Gasteiger charge is -2.23. The van der Waals surface area contributed by atoms with Crippen molar-refractivity contribution in [3.8, 4) is 5.75 Å². The van der Waals surface area contributed by atoms with E-state index in [2.05, 4.69) is 19.9 Å². The number of nitrogens with two attached hydrogens (primary N) is 1. The Kier molecular flexibility index (Phi) is 6.99. The molecule has 1 saturated heterocycles. The minimum absolute atomic E-state index is 0. The molecule has 1 aromatic rings. The molecule has 0 bridgehead atoms. The van der Waals surface area contributed by atoms with E-state index in [-0.39, 0.29) is 31.0 Å². The number of benzene rings is 1. The normalized spacial score (nSPS) is 17.7. The van der Waals surface area contributed by atoms with Gasteiger partial charge >= 0.3 is 0 Å². The number of likely N-dealkylation sites (tertiary alicyclic amines) is 1. The summed E-state index contributed by atoms with van der Waals surface area (Å²) >= 11 is 0. The van der Waals surface area contributed by atoms with Gasteiger partial charge in [-0.15, -0.1) is 12.4 Å². The summed E-state index contributed by atoms with van der Waals surface area (Å²) in [7, 11) is 0. The molecule has 2 rings (SSSR count). The number of hydrogen-bond donors (Lipinski definition) is 1. The van der Waals surface area contributed by atoms with Gasteiger partial charge in [-0.25, -0.2) is 0 Å². The van der Waals surface area contributed by atoms with Crippen LogP contribution in [0.15, 0.2) is 24.3 Å². The van der Waals surface area contributed by atoms with Crippen molar-refractivity contribution in [2.45, 2.75) is 38.6 Å². The van der Waals surface area contributed by atoms with Gasteiger partial charge in [-0.3, -0.25) is 4.79 Å². The van der Waals surface area contributed by atoms with E-state index < -0.39 is 0 Å². The van der Waals surface area contributed by atoms with Crippen LogP contribution in [0.3, 0.4) is 0 Å². The van der Waals surface area contributed by atoms with Crippen LogP contribution in [0.2, 0.25) is 0 Å². The summed E-state index contributed by atoms with van der Waals surface area (Å²) in [5.74, 6) is 1.25. The number of nitrogens with zero attached hydrogens (tertiary/aromatic N) is 1. The average Bonchev–Trinajstić information content (AvgIpc) is 2.93. The van der Waals surface area contributed by atoms with Gasteiger partial charge in [0.15, 0.2) is 6.61 Å². The van der Waals surface area contributed by atoms with Gasteiger partial charge < -0.3 is 15.4 Å². The van der Waals surface area contributed by atoms with E-state index >= 15 is 0 Å². The van der Waals surface area contributed by atoms with Gasteiger partial charge in [0.05, 0.1) is 0 Å². The monoisotopic (exact) mass is 312 g/mol. The molecule has 0 saturated carbocycles. The number of ether oxygens (including phenoxy) is 1. The van der Waals surface area contributed by atoms with Gasteiger partial charge in [-0.1, -0.05) is 26.0 Å². The molecule has 0 spiro atoms. The Balaban J connectivity index is 0.00000220. The van der Waals surface area contributed by atoms with Crippen LogP contribution in [0.1, 0.15) is 38.2 Å². The first-order valence-corrected chi connectivity index (χ1v) is 7.34. The Bertz CT molecular complexity index is 465. The van der Waals surface area contributed by atoms with Crippen LogP contribution in [-0.2, 0) is 4.79 Å². The van der Waals surface area contributed by atoms with E-state index in [1.54, 1.807) is 0 Å². The van der Waals surface area contributed by atoms with E-state index in [9.17, 15) is 4.79 Å². The van der Waals surface area contributed by atoms with Crippen LogP contribution in [0.4, 0.5) is 0 Å². The van der Waals surface area contributed by atoms with Crippen LogP contribution in [0.5, 0.6) is 5.75 Å². The van der Waals surface area contributed by atoms with E-state index in [1.807, 2.05) is 23.1 Å². The zero-order valence-corrected chi connectivity index (χ0v) is 13.6. The summed E-state index contributed by atoms with van der Waals surface area (Å²) in [5.41, 5.74) is 6.91. The molecule has 1 atom stereocenters. The first kappa shape index (κ1) is 17.8. The molecule has 1 fully saturated rings. The van der Waals surface area contributed by atoms with Gasteiger partial charge in [0.25, 0.3) is 5.91 Å². The highest BCUT2D eigenvalue weighted by Crippen LogP contribution is 2.21. The summed E-state index contributed by atoms with van der Waals surface area (Å²) in [4.78, 5) is 14.0. The molecule has 21 heavy (non-hydrogen) atoms. The highest BCUT2D eigenvalue weighted by Gasteiger charge is 2.27. The molecule has 1 heterocycles. The van der Waals surface area contributed by atoms with Gasteiger partial charge in [0.1, 0.15) is 5.75 Å². The number of amides is 1. The maximum Gasteiger partial charge on any atom is 0.260 e. The zero-order chi connectivity index (χ0) is 14.5. The summed E-state index contributed by atoms with van der Waals surface area (Å²) in [6, 6.07) is 8.12. The van der Waals surface area contributed by atoms with Crippen LogP contribution in [-0.4, -0.2) is 36.5 Å². The Morgan fingerprint density at radius 1 is 1.48 bits per heavy atom. The molecule has 1 amide bonds. The Hall–Kier alpha value is -1.26. The fourth-order valence-electron chi connectivity index (χ4n) is 2.60. The molecule has 2 N–H and O–H groups in total. The molecule has 5 heteroatoms. The first-order valence-electron chi connectivity index (χ1n) is 7.34. The molecule has 0 aliphatic carbocycles. The minimum atomic E-state index is 0. The Morgan fingerprint density at radius 3 is 2.90 bits per heavy atom. The molecule has 4 nitrogen and oxygen atoms in total. The number of hydrogen-bond acceptors (Lipinski definition) is 3. The van der Waals surface area contributed by atoms with Crippen molar-refractivity contribution in [1.82, 2.24) is 4.90 Å². The van der Waals surface area contributed by atoms with E-state index in [0.29, 0.717) is 12.5 Å². The topological polar surface area (TPSA) is 55.6 Å². The standard InChI is InChI=1S/C16H24N2O2.ClH/c1-12(2)13-5-3-7-15(9-13)20-11-16(19)18-8-4-6-14(18)10-17;/h3,5,7,9,12,14H,4,6,8,10-11,17H2,1-2H3;1H. The van der Waals surface area contributed by atoms with Crippen molar-refractivity contribution < 1.29 is 9.53 Å². The lowest BCUT2D eigenvalue weighted by atomic mass is 10.0. The van der Waals surface area contributed by atoms with E-state index in [1.165, 1.54) is 5.56 Å². The van der Waals surface area contributed by atoms with Crippen LogP contribution in [0.25, 0.3) is 0 Å². The highest BCUT2D eigenvalue weighted by atomic mass is 35.5. The predicted octanol–water partition coefficient (Wildman–Crippen LogP) is 2.56. The van der Waals surface area contributed by atoms with Crippen molar-refractivity contribution >= 4 is 18.3 Å². The Labute approximate surface area is 133 Å². The van der Waals surface area contributed by atoms with E-state index in [4.69, 9.17) is 10.5 Å². The van der Waals surface area contributed by atoms with Crippen molar-refractivity contribution in [2.24, 2.45) is 5.73 Å². The van der Waals surface area contributed by atoms with Crippen molar-refractivity contribution in [1.29, 1.82) is 0 Å². The van der Waals surface area contributed by atoms with Gasteiger partial charge in [0, 0.05) is 19.1 Å². The van der Waals surface area contributed by atoms with Crippen molar-refractivity contribution in [2.75, 3.05) is 19.7 Å². The maximum atomic E-state index is 12.2. The van der Waals surface area contributed by atoms with Crippen LogP contribution < -0.4 is 10.5 Å². The smallest absolute Gasteiger partial charge is 0.260 e. The summed E-state index contributed by atoms with van der Waals surface area (Å²) in [5, 5.41) is 0. The zero-order valence-electron chi connectivity index (χ0n) is 12.7. The lowest BCUT2D eigenvalue weighted by Crippen LogP contribution is -2.42. The summed E-state index contributed by atoms with van der Waals surface area (Å²) in [6.07, 6.45) is 2.04. The third kappa shape index (κ3) is 4.61. The molecule has 0 radical (unpaired) electrons. The van der Waals surface area contributed by atoms with Gasteiger partial charge in [-0.05, 0) is 36.5 Å². The number of carbonyl (C=O) groups excluding carboxylic acids is 1. The molecule has 118 valence electrons. The largest absolute Gasteiger partial charge is 0.484 e. The number of halogens is 1. The van der Waals surface area contributed by atoms with Crippen LogP contribution >= 0.6 is 12.4 Å². The van der Waals surface area contributed by atoms with Gasteiger partial charge in [0.2, 0.25) is 0 Å².